The molecule has 0 aliphatic heterocycles. The number of allylic oxidation sites excluding steroid dienone is 3. The summed E-state index contributed by atoms with van der Waals surface area (Å²) in [5.41, 5.74) is 14.1. The molecular weight excluding hydrogens is 707 g/mol. The lowest BCUT2D eigenvalue weighted by atomic mass is 9.93. The number of hydrogen-bond donors (Lipinski definition) is 0. The number of nitrogens with zero attached hydrogens (tertiary/aromatic N) is 5. The van der Waals surface area contributed by atoms with Crippen LogP contribution >= 0.6 is 0 Å². The molecule has 0 saturated carbocycles. The van der Waals surface area contributed by atoms with Crippen LogP contribution in [0, 0.1) is 0 Å². The Bertz CT molecular complexity index is 3190. The first-order valence-electron chi connectivity index (χ1n) is 19.3. The van der Waals surface area contributed by atoms with E-state index in [-0.39, 0.29) is 0 Å². The number of benzene rings is 6. The van der Waals surface area contributed by atoms with Gasteiger partial charge in [0.2, 0.25) is 5.95 Å². The minimum atomic E-state index is 0.609. The number of rotatable bonds is 9. The van der Waals surface area contributed by atoms with E-state index in [0.717, 1.165) is 88.7 Å². The molecule has 0 unspecified atom stereocenters. The minimum Gasteiger partial charge on any atom is -0.308 e. The lowest BCUT2D eigenvalue weighted by Gasteiger charge is -2.16. The van der Waals surface area contributed by atoms with Crippen LogP contribution in [0.3, 0.4) is 0 Å². The van der Waals surface area contributed by atoms with Crippen molar-refractivity contribution >= 4 is 44.4 Å². The quantitative estimate of drug-likeness (QED) is 0.138. The molecule has 0 bridgehead atoms. The van der Waals surface area contributed by atoms with E-state index in [4.69, 9.17) is 9.97 Å². The van der Waals surface area contributed by atoms with Gasteiger partial charge in [-0.25, -0.2) is 9.97 Å². The molecule has 58 heavy (non-hydrogen) atoms. The van der Waals surface area contributed by atoms with Gasteiger partial charge in [-0.05, 0) is 64.2 Å². The number of hydrogen-bond acceptors (Lipinski definition) is 3. The third-order valence-electron chi connectivity index (χ3n) is 10.8. The van der Waals surface area contributed by atoms with Crippen molar-refractivity contribution in [2.45, 2.75) is 0 Å². The van der Waals surface area contributed by atoms with Crippen LogP contribution in [0.15, 0.2) is 213 Å². The molecule has 4 aromatic heterocycles. The van der Waals surface area contributed by atoms with E-state index in [1.807, 2.05) is 30.5 Å². The summed E-state index contributed by atoms with van der Waals surface area (Å²) in [5.74, 6) is 0.609. The van der Waals surface area contributed by atoms with Gasteiger partial charge in [0.15, 0.2) is 0 Å². The van der Waals surface area contributed by atoms with E-state index in [2.05, 4.69) is 191 Å². The topological polar surface area (TPSA) is 48.5 Å². The molecule has 5 heteroatoms. The Labute approximate surface area is 336 Å². The zero-order valence-corrected chi connectivity index (χ0v) is 31.7. The van der Waals surface area contributed by atoms with Crippen LogP contribution in [0.1, 0.15) is 11.1 Å². The Balaban J connectivity index is 1.01. The molecular formula is C53H37N5. The summed E-state index contributed by atoms with van der Waals surface area (Å²) < 4.78 is 4.36. The van der Waals surface area contributed by atoms with Gasteiger partial charge in [0, 0.05) is 45.2 Å². The summed E-state index contributed by atoms with van der Waals surface area (Å²) in [6, 6.07) is 58.8. The van der Waals surface area contributed by atoms with Crippen molar-refractivity contribution in [3.63, 3.8) is 0 Å². The van der Waals surface area contributed by atoms with E-state index in [1.54, 1.807) is 6.20 Å². The summed E-state index contributed by atoms with van der Waals surface area (Å²) in [4.78, 5) is 14.8. The Morgan fingerprint density at radius 1 is 0.586 bits per heavy atom. The molecule has 0 saturated heterocycles. The first kappa shape index (κ1) is 34.6. The molecule has 0 amide bonds. The van der Waals surface area contributed by atoms with Gasteiger partial charge in [0.25, 0.3) is 0 Å². The SMILES string of the molecule is C=C(/C=C\c1cn(-c2nc(-c3ccc(-c4ccccc4)cc3)c3ccccc3n2)c2ccccc12)C(=C)c1ccccc1-c1cc2ccccc2n1-c1cccnc1. The summed E-state index contributed by atoms with van der Waals surface area (Å²) in [7, 11) is 0. The highest BCUT2D eigenvalue weighted by Gasteiger charge is 2.18. The lowest BCUT2D eigenvalue weighted by molar-refractivity contribution is 0.983. The summed E-state index contributed by atoms with van der Waals surface area (Å²) in [5, 5.41) is 3.25. The van der Waals surface area contributed by atoms with E-state index in [1.165, 1.54) is 5.56 Å². The molecule has 0 fully saturated rings. The van der Waals surface area contributed by atoms with Gasteiger partial charge in [0.05, 0.1) is 39.8 Å². The predicted octanol–water partition coefficient (Wildman–Crippen LogP) is 13.2. The van der Waals surface area contributed by atoms with Crippen molar-refractivity contribution in [2.75, 3.05) is 0 Å². The largest absolute Gasteiger partial charge is 0.308 e. The van der Waals surface area contributed by atoms with Crippen LogP contribution in [0.4, 0.5) is 0 Å². The highest BCUT2D eigenvalue weighted by atomic mass is 15.1. The van der Waals surface area contributed by atoms with E-state index in [9.17, 15) is 0 Å². The second-order valence-corrected chi connectivity index (χ2v) is 14.3. The normalized spacial score (nSPS) is 11.5. The molecule has 5 nitrogen and oxygen atoms in total. The summed E-state index contributed by atoms with van der Waals surface area (Å²) in [6.07, 6.45) is 9.99. The highest BCUT2D eigenvalue weighted by molar-refractivity contribution is 5.97. The maximum absolute atomic E-state index is 5.24. The van der Waals surface area contributed by atoms with Gasteiger partial charge in [0.1, 0.15) is 0 Å². The smallest absolute Gasteiger partial charge is 0.235 e. The third kappa shape index (κ3) is 6.21. The van der Waals surface area contributed by atoms with E-state index >= 15 is 0 Å². The zero-order valence-electron chi connectivity index (χ0n) is 31.7. The fourth-order valence-electron chi connectivity index (χ4n) is 7.90. The maximum atomic E-state index is 5.24. The molecule has 0 aliphatic rings. The molecule has 6 aromatic carbocycles. The second kappa shape index (κ2) is 14.6. The fourth-order valence-corrected chi connectivity index (χ4v) is 7.90. The summed E-state index contributed by atoms with van der Waals surface area (Å²) in [6.45, 7) is 9.11. The number of fused-ring (bicyclic) bond motifs is 3. The van der Waals surface area contributed by atoms with Crippen LogP contribution in [0.25, 0.3) is 89.6 Å². The molecule has 4 heterocycles. The third-order valence-corrected chi connectivity index (χ3v) is 10.8. The van der Waals surface area contributed by atoms with Crippen molar-refractivity contribution in [1.82, 2.24) is 24.1 Å². The number of aromatic nitrogens is 5. The molecule has 0 aliphatic carbocycles. The molecule has 0 N–H and O–H groups in total. The predicted molar refractivity (Wildman–Crippen MR) is 241 cm³/mol. The van der Waals surface area contributed by atoms with Crippen LogP contribution in [-0.2, 0) is 0 Å². The molecule has 274 valence electrons. The van der Waals surface area contributed by atoms with Crippen molar-refractivity contribution in [3.05, 3.63) is 224 Å². The maximum Gasteiger partial charge on any atom is 0.235 e. The van der Waals surface area contributed by atoms with Gasteiger partial charge in [-0.1, -0.05) is 159 Å². The van der Waals surface area contributed by atoms with Gasteiger partial charge in [-0.3, -0.25) is 9.55 Å². The van der Waals surface area contributed by atoms with Gasteiger partial charge < -0.3 is 4.57 Å². The highest BCUT2D eigenvalue weighted by Crippen LogP contribution is 2.38. The first-order valence-corrected chi connectivity index (χ1v) is 19.3. The lowest BCUT2D eigenvalue weighted by Crippen LogP contribution is -2.02. The van der Waals surface area contributed by atoms with Gasteiger partial charge >= 0.3 is 0 Å². The molecule has 10 aromatic rings. The monoisotopic (exact) mass is 743 g/mol. The Morgan fingerprint density at radius 3 is 2.10 bits per heavy atom. The van der Waals surface area contributed by atoms with Crippen LogP contribution in [0.2, 0.25) is 0 Å². The Kier molecular flexibility index (Phi) is 8.73. The van der Waals surface area contributed by atoms with Crippen LogP contribution in [0.5, 0.6) is 0 Å². The van der Waals surface area contributed by atoms with Crippen LogP contribution < -0.4 is 0 Å². The average Bonchev–Trinajstić information content (AvgIpc) is 3.87. The zero-order chi connectivity index (χ0) is 39.0. The first-order chi connectivity index (χ1) is 28.6. The van der Waals surface area contributed by atoms with Crippen LogP contribution in [-0.4, -0.2) is 24.1 Å². The van der Waals surface area contributed by atoms with Crippen molar-refractivity contribution in [3.8, 4) is 45.3 Å². The number of pyridine rings is 1. The molecule has 0 spiro atoms. The van der Waals surface area contributed by atoms with E-state index in [0.29, 0.717) is 5.95 Å². The second-order valence-electron chi connectivity index (χ2n) is 14.3. The summed E-state index contributed by atoms with van der Waals surface area (Å²) >= 11 is 0. The van der Waals surface area contributed by atoms with Crippen molar-refractivity contribution in [1.29, 1.82) is 0 Å². The standard InChI is InChI=1S/C53H37N5/c1-36(37(2)44-19-7-8-21-46(44)51-33-41-17-6-12-24-49(41)58(51)43-18-14-32-54-34-43)26-27-42-35-57(50-25-13-10-20-45(42)50)53-55-48-23-11-9-22-47(48)52(56-53)40-30-28-39(29-31-40)38-15-4-3-5-16-38/h3-35H,1-2H2/b27-26-. The molecule has 0 radical (unpaired) electrons. The number of para-hydroxylation sites is 3. The molecule has 10 rings (SSSR count). The Morgan fingerprint density at radius 2 is 1.28 bits per heavy atom. The molecule has 0 atom stereocenters. The minimum absolute atomic E-state index is 0.609. The fraction of sp³-hybridized carbons (Fsp3) is 0. The average molecular weight is 744 g/mol. The Hall–Kier alpha value is -7.89. The van der Waals surface area contributed by atoms with Gasteiger partial charge in [-0.2, -0.15) is 0 Å². The van der Waals surface area contributed by atoms with Gasteiger partial charge in [-0.15, -0.1) is 0 Å². The van der Waals surface area contributed by atoms with E-state index < -0.39 is 0 Å². The van der Waals surface area contributed by atoms with Crippen molar-refractivity contribution in [2.24, 2.45) is 0 Å². The van der Waals surface area contributed by atoms with Crippen molar-refractivity contribution < 1.29 is 0 Å².